The average molecular weight is 645 g/mol. The molecule has 50 heavy (non-hydrogen) atoms. The lowest BCUT2D eigenvalue weighted by Crippen LogP contribution is -2.15. The molecule has 0 amide bonds. The van der Waals surface area contributed by atoms with Gasteiger partial charge in [-0.2, -0.15) is 0 Å². The van der Waals surface area contributed by atoms with Crippen LogP contribution < -0.4 is 0 Å². The molecule has 0 aliphatic heterocycles. The molecule has 0 aromatic heterocycles. The molecule has 1 aliphatic carbocycles. The van der Waals surface area contributed by atoms with Crippen molar-refractivity contribution < 1.29 is 0 Å². The minimum atomic E-state index is -0.0650. The van der Waals surface area contributed by atoms with E-state index in [0.717, 1.165) is 12.8 Å². The van der Waals surface area contributed by atoms with Crippen LogP contribution in [0.1, 0.15) is 65.1 Å². The van der Waals surface area contributed by atoms with Gasteiger partial charge in [0.25, 0.3) is 0 Å². The lowest BCUT2D eigenvalue weighted by Gasteiger charge is -2.23. The van der Waals surface area contributed by atoms with E-state index in [2.05, 4.69) is 191 Å². The van der Waals surface area contributed by atoms with Crippen LogP contribution in [0.15, 0.2) is 164 Å². The Morgan fingerprint density at radius 1 is 0.420 bits per heavy atom. The third-order valence-electron chi connectivity index (χ3n) is 11.0. The number of hydrogen-bond donors (Lipinski definition) is 0. The van der Waals surface area contributed by atoms with Crippen LogP contribution in [0.2, 0.25) is 0 Å². The second-order valence-electron chi connectivity index (χ2n) is 14.7. The van der Waals surface area contributed by atoms with Crippen molar-refractivity contribution in [3.8, 4) is 44.5 Å². The van der Waals surface area contributed by atoms with Crippen LogP contribution in [0.3, 0.4) is 0 Å². The van der Waals surface area contributed by atoms with Crippen molar-refractivity contribution in [2.75, 3.05) is 0 Å². The molecular weight excluding hydrogens is 601 g/mol. The minimum absolute atomic E-state index is 0.0650. The molecule has 0 nitrogen and oxygen atoms in total. The number of hydrogen-bond acceptors (Lipinski definition) is 0. The first-order valence-electron chi connectivity index (χ1n) is 18.0. The first-order valence-corrected chi connectivity index (χ1v) is 18.0. The van der Waals surface area contributed by atoms with E-state index in [1.807, 2.05) is 0 Å². The highest BCUT2D eigenvalue weighted by molar-refractivity contribution is 5.84. The summed E-state index contributed by atoms with van der Waals surface area (Å²) in [6.07, 6.45) is 2.12. The molecule has 0 atom stereocenters. The van der Waals surface area contributed by atoms with Crippen LogP contribution in [-0.2, 0) is 11.8 Å². The lowest BCUT2D eigenvalue weighted by atomic mass is 9.80. The Labute approximate surface area is 298 Å². The highest BCUT2D eigenvalue weighted by Crippen LogP contribution is 2.50. The van der Waals surface area contributed by atoms with Gasteiger partial charge in [0.05, 0.1) is 0 Å². The van der Waals surface area contributed by atoms with E-state index < -0.39 is 0 Å². The SMILES string of the molecule is Cc1ccc(C(CCc2ccc3c(c2)C(C)(C)c2cc(-c4ccc(-c5ccc(-c6ccccc6)cc5)cc4)ccc2-3)c2ccc(C)cc2)cc1. The molecule has 0 heteroatoms. The summed E-state index contributed by atoms with van der Waals surface area (Å²) < 4.78 is 0. The second kappa shape index (κ2) is 13.1. The van der Waals surface area contributed by atoms with Gasteiger partial charge < -0.3 is 0 Å². The van der Waals surface area contributed by atoms with Gasteiger partial charge in [-0.15, -0.1) is 0 Å². The fourth-order valence-electron chi connectivity index (χ4n) is 7.89. The predicted octanol–water partition coefficient (Wildman–Crippen LogP) is 13.4. The molecule has 0 N–H and O–H groups in total. The molecule has 0 fully saturated rings. The summed E-state index contributed by atoms with van der Waals surface area (Å²) in [5, 5.41) is 0. The van der Waals surface area contributed by atoms with Crippen molar-refractivity contribution in [2.24, 2.45) is 0 Å². The Balaban J connectivity index is 1.02. The maximum atomic E-state index is 2.49. The molecule has 244 valence electrons. The van der Waals surface area contributed by atoms with Crippen molar-refractivity contribution in [3.05, 3.63) is 203 Å². The van der Waals surface area contributed by atoms with Crippen LogP contribution in [0, 0.1) is 13.8 Å². The predicted molar refractivity (Wildman–Crippen MR) is 213 cm³/mol. The summed E-state index contributed by atoms with van der Waals surface area (Å²) in [6.45, 7) is 9.13. The molecular formula is C50H44. The van der Waals surface area contributed by atoms with E-state index in [1.54, 1.807) is 0 Å². The molecule has 7 aromatic carbocycles. The molecule has 0 saturated carbocycles. The Kier molecular flexibility index (Phi) is 8.33. The van der Waals surface area contributed by atoms with Gasteiger partial charge >= 0.3 is 0 Å². The van der Waals surface area contributed by atoms with Crippen molar-refractivity contribution >= 4 is 0 Å². The highest BCUT2D eigenvalue weighted by Gasteiger charge is 2.35. The van der Waals surface area contributed by atoms with E-state index in [9.17, 15) is 0 Å². The average Bonchev–Trinajstić information content (AvgIpc) is 3.38. The summed E-state index contributed by atoms with van der Waals surface area (Å²) in [7, 11) is 0. The Hall–Kier alpha value is -5.46. The summed E-state index contributed by atoms with van der Waals surface area (Å²) >= 11 is 0. The monoisotopic (exact) mass is 644 g/mol. The Bertz CT molecular complexity index is 2210. The van der Waals surface area contributed by atoms with Gasteiger partial charge in [0.2, 0.25) is 0 Å². The summed E-state index contributed by atoms with van der Waals surface area (Å²) in [5.41, 5.74) is 19.9. The topological polar surface area (TPSA) is 0 Å². The van der Waals surface area contributed by atoms with Gasteiger partial charge in [0.15, 0.2) is 0 Å². The van der Waals surface area contributed by atoms with Crippen LogP contribution in [0.4, 0.5) is 0 Å². The van der Waals surface area contributed by atoms with Crippen molar-refractivity contribution in [2.45, 2.75) is 51.9 Å². The number of benzene rings is 7. The van der Waals surface area contributed by atoms with E-state index in [1.165, 1.54) is 83.5 Å². The quantitative estimate of drug-likeness (QED) is 0.154. The first kappa shape index (κ1) is 31.8. The summed E-state index contributed by atoms with van der Waals surface area (Å²) in [4.78, 5) is 0. The van der Waals surface area contributed by atoms with Gasteiger partial charge in [0, 0.05) is 11.3 Å². The van der Waals surface area contributed by atoms with Gasteiger partial charge in [0.1, 0.15) is 0 Å². The standard InChI is InChI=1S/C50H44/c1-34-10-16-42(17-11-34)45(43-18-12-35(2)13-19-43)29-14-36-15-30-46-47-31-28-44(33-49(47)50(3,4)48(46)32-36)41-26-24-40(25-27-41)39-22-20-38(21-23-39)37-8-6-5-7-9-37/h5-13,15-28,30-33,45H,14,29H2,1-4H3. The Morgan fingerprint density at radius 3 is 1.36 bits per heavy atom. The van der Waals surface area contributed by atoms with Crippen LogP contribution >= 0.6 is 0 Å². The lowest BCUT2D eigenvalue weighted by molar-refractivity contribution is 0.657. The third kappa shape index (κ3) is 6.12. The molecule has 0 radical (unpaired) electrons. The van der Waals surface area contributed by atoms with Crippen molar-refractivity contribution in [1.82, 2.24) is 0 Å². The normalized spacial score (nSPS) is 12.9. The van der Waals surface area contributed by atoms with Gasteiger partial charge in [-0.3, -0.25) is 0 Å². The van der Waals surface area contributed by atoms with Gasteiger partial charge in [-0.05, 0) is 105 Å². The van der Waals surface area contributed by atoms with E-state index in [-0.39, 0.29) is 5.41 Å². The zero-order valence-corrected chi connectivity index (χ0v) is 29.6. The number of fused-ring (bicyclic) bond motifs is 3. The largest absolute Gasteiger partial charge is 0.0622 e. The number of aryl methyl sites for hydroxylation is 3. The minimum Gasteiger partial charge on any atom is -0.0622 e. The Morgan fingerprint density at radius 2 is 0.840 bits per heavy atom. The smallest absolute Gasteiger partial charge is 0.0159 e. The zero-order valence-electron chi connectivity index (χ0n) is 29.6. The molecule has 0 bridgehead atoms. The van der Waals surface area contributed by atoms with Crippen molar-refractivity contribution in [1.29, 1.82) is 0 Å². The summed E-state index contributed by atoms with van der Waals surface area (Å²) in [6, 6.07) is 61.1. The van der Waals surface area contributed by atoms with E-state index in [4.69, 9.17) is 0 Å². The molecule has 8 rings (SSSR count). The van der Waals surface area contributed by atoms with Crippen molar-refractivity contribution in [3.63, 3.8) is 0 Å². The molecule has 0 unspecified atom stereocenters. The highest BCUT2D eigenvalue weighted by atomic mass is 14.4. The van der Waals surface area contributed by atoms with Crippen LogP contribution in [-0.4, -0.2) is 0 Å². The molecule has 7 aromatic rings. The van der Waals surface area contributed by atoms with Gasteiger partial charge in [-0.1, -0.05) is 183 Å². The first-order chi connectivity index (χ1) is 24.3. The maximum absolute atomic E-state index is 2.49. The van der Waals surface area contributed by atoms with E-state index in [0.29, 0.717) is 5.92 Å². The number of rotatable bonds is 8. The van der Waals surface area contributed by atoms with Crippen LogP contribution in [0.5, 0.6) is 0 Å². The maximum Gasteiger partial charge on any atom is 0.0159 e. The second-order valence-corrected chi connectivity index (χ2v) is 14.7. The fourth-order valence-corrected chi connectivity index (χ4v) is 7.89. The molecule has 1 aliphatic rings. The zero-order chi connectivity index (χ0) is 34.2. The summed E-state index contributed by atoms with van der Waals surface area (Å²) in [5.74, 6) is 0.372. The molecule has 0 saturated heterocycles. The molecule has 0 heterocycles. The van der Waals surface area contributed by atoms with Crippen LogP contribution in [0.25, 0.3) is 44.5 Å². The third-order valence-corrected chi connectivity index (χ3v) is 11.0. The van der Waals surface area contributed by atoms with Gasteiger partial charge in [-0.25, -0.2) is 0 Å². The van der Waals surface area contributed by atoms with E-state index >= 15 is 0 Å². The fraction of sp³-hybridized carbons (Fsp3) is 0.160. The molecule has 0 spiro atoms.